The lowest BCUT2D eigenvalue weighted by atomic mass is 10.2. The van der Waals surface area contributed by atoms with Crippen LogP contribution in [0.3, 0.4) is 0 Å². The zero-order valence-electron chi connectivity index (χ0n) is 11.6. The number of nitrogens with zero attached hydrogens (tertiary/aromatic N) is 1. The maximum absolute atomic E-state index is 11.7. The van der Waals surface area contributed by atoms with Gasteiger partial charge in [0.25, 0.3) is 0 Å². The smallest absolute Gasteiger partial charge is 0.221 e. The maximum Gasteiger partial charge on any atom is 0.221 e. The molecule has 1 aromatic rings. The molecule has 0 spiro atoms. The Morgan fingerprint density at radius 2 is 2.00 bits per heavy atom. The fraction of sp³-hybridized carbons (Fsp3) is 0.533. The molecule has 0 aliphatic rings. The Morgan fingerprint density at radius 3 is 2.61 bits per heavy atom. The largest absolute Gasteiger partial charge is 0.352 e. The SMILES string of the molecule is CCC(C)N(C)CCC(=O)NCc1ccccc1. The molecule has 3 heteroatoms. The number of nitrogens with one attached hydrogen (secondary N) is 1. The van der Waals surface area contributed by atoms with E-state index >= 15 is 0 Å². The highest BCUT2D eigenvalue weighted by Crippen LogP contribution is 2.01. The molecule has 0 aromatic heterocycles. The first-order valence-corrected chi connectivity index (χ1v) is 6.64. The molecule has 1 aromatic carbocycles. The van der Waals surface area contributed by atoms with Gasteiger partial charge in [0.2, 0.25) is 5.91 Å². The second kappa shape index (κ2) is 7.88. The van der Waals surface area contributed by atoms with Gasteiger partial charge in [0.1, 0.15) is 0 Å². The standard InChI is InChI=1S/C15H24N2O/c1-4-13(2)17(3)11-10-15(18)16-12-14-8-6-5-7-9-14/h5-9,13H,4,10-12H2,1-3H3,(H,16,18). The van der Waals surface area contributed by atoms with Crippen molar-refractivity contribution in [2.24, 2.45) is 0 Å². The van der Waals surface area contributed by atoms with E-state index in [1.807, 2.05) is 30.3 Å². The molecule has 0 heterocycles. The minimum absolute atomic E-state index is 0.119. The van der Waals surface area contributed by atoms with Crippen LogP contribution in [0.25, 0.3) is 0 Å². The molecule has 1 amide bonds. The quantitative estimate of drug-likeness (QED) is 0.803. The molecule has 1 unspecified atom stereocenters. The van der Waals surface area contributed by atoms with Gasteiger partial charge in [-0.05, 0) is 26.0 Å². The van der Waals surface area contributed by atoms with Crippen LogP contribution in [0.2, 0.25) is 0 Å². The van der Waals surface area contributed by atoms with E-state index in [0.29, 0.717) is 19.0 Å². The molecule has 3 nitrogen and oxygen atoms in total. The van der Waals surface area contributed by atoms with Crippen LogP contribution < -0.4 is 5.32 Å². The van der Waals surface area contributed by atoms with Crippen molar-refractivity contribution in [2.45, 2.75) is 39.3 Å². The third kappa shape index (κ3) is 5.32. The van der Waals surface area contributed by atoms with Gasteiger partial charge in [-0.2, -0.15) is 0 Å². The first kappa shape index (κ1) is 14.7. The van der Waals surface area contributed by atoms with E-state index in [1.165, 1.54) is 0 Å². The van der Waals surface area contributed by atoms with Gasteiger partial charge in [-0.3, -0.25) is 4.79 Å². The summed E-state index contributed by atoms with van der Waals surface area (Å²) in [7, 11) is 2.07. The predicted molar refractivity (Wildman–Crippen MR) is 75.3 cm³/mol. The second-order valence-corrected chi connectivity index (χ2v) is 4.75. The third-order valence-electron chi connectivity index (χ3n) is 3.37. The Hall–Kier alpha value is -1.35. The Balaban J connectivity index is 2.22. The molecule has 0 saturated heterocycles. The summed E-state index contributed by atoms with van der Waals surface area (Å²) in [6, 6.07) is 10.5. The van der Waals surface area contributed by atoms with Crippen LogP contribution in [0.1, 0.15) is 32.3 Å². The zero-order valence-corrected chi connectivity index (χ0v) is 11.6. The summed E-state index contributed by atoms with van der Waals surface area (Å²) < 4.78 is 0. The lowest BCUT2D eigenvalue weighted by Crippen LogP contribution is -2.33. The van der Waals surface area contributed by atoms with Crippen molar-refractivity contribution >= 4 is 5.91 Å². The molecule has 0 aliphatic carbocycles. The fourth-order valence-electron chi connectivity index (χ4n) is 1.69. The molecular weight excluding hydrogens is 224 g/mol. The van der Waals surface area contributed by atoms with Crippen LogP contribution >= 0.6 is 0 Å². The van der Waals surface area contributed by atoms with Gasteiger partial charge in [-0.15, -0.1) is 0 Å². The average molecular weight is 248 g/mol. The van der Waals surface area contributed by atoms with Crippen LogP contribution in [-0.2, 0) is 11.3 Å². The van der Waals surface area contributed by atoms with Gasteiger partial charge in [-0.25, -0.2) is 0 Å². The number of hydrogen-bond donors (Lipinski definition) is 1. The normalized spacial score (nSPS) is 12.4. The predicted octanol–water partition coefficient (Wildman–Crippen LogP) is 2.42. The van der Waals surface area contributed by atoms with Crippen molar-refractivity contribution < 1.29 is 4.79 Å². The van der Waals surface area contributed by atoms with Crippen LogP contribution in [0, 0.1) is 0 Å². The van der Waals surface area contributed by atoms with Gasteiger partial charge >= 0.3 is 0 Å². The molecular formula is C15H24N2O. The highest BCUT2D eigenvalue weighted by atomic mass is 16.1. The minimum atomic E-state index is 0.119. The number of rotatable bonds is 7. The summed E-state index contributed by atoms with van der Waals surface area (Å²) >= 11 is 0. The van der Waals surface area contributed by atoms with E-state index in [2.05, 4.69) is 31.1 Å². The van der Waals surface area contributed by atoms with E-state index < -0.39 is 0 Å². The van der Waals surface area contributed by atoms with E-state index in [-0.39, 0.29) is 5.91 Å². The van der Waals surface area contributed by atoms with Gasteiger partial charge in [0.15, 0.2) is 0 Å². The highest BCUT2D eigenvalue weighted by molar-refractivity contribution is 5.76. The molecule has 0 fully saturated rings. The number of amides is 1. The topological polar surface area (TPSA) is 32.3 Å². The van der Waals surface area contributed by atoms with Gasteiger partial charge in [-0.1, -0.05) is 37.3 Å². The first-order chi connectivity index (χ1) is 8.63. The van der Waals surface area contributed by atoms with Gasteiger partial charge in [0, 0.05) is 25.6 Å². The van der Waals surface area contributed by atoms with E-state index in [4.69, 9.17) is 0 Å². The van der Waals surface area contributed by atoms with Crippen molar-refractivity contribution in [1.82, 2.24) is 10.2 Å². The summed E-state index contributed by atoms with van der Waals surface area (Å²) in [4.78, 5) is 13.9. The first-order valence-electron chi connectivity index (χ1n) is 6.64. The molecule has 100 valence electrons. The molecule has 1 atom stereocenters. The number of hydrogen-bond acceptors (Lipinski definition) is 2. The lowest BCUT2D eigenvalue weighted by Gasteiger charge is -2.22. The summed E-state index contributed by atoms with van der Waals surface area (Å²) in [6.45, 7) is 5.78. The summed E-state index contributed by atoms with van der Waals surface area (Å²) in [6.07, 6.45) is 1.68. The van der Waals surface area contributed by atoms with Crippen molar-refractivity contribution in [3.63, 3.8) is 0 Å². The fourth-order valence-corrected chi connectivity index (χ4v) is 1.69. The average Bonchev–Trinajstić information content (AvgIpc) is 2.42. The van der Waals surface area contributed by atoms with Crippen molar-refractivity contribution in [3.8, 4) is 0 Å². The lowest BCUT2D eigenvalue weighted by molar-refractivity contribution is -0.121. The molecule has 1 rings (SSSR count). The molecule has 0 bridgehead atoms. The molecule has 0 saturated carbocycles. The number of benzene rings is 1. The van der Waals surface area contributed by atoms with Crippen molar-refractivity contribution in [1.29, 1.82) is 0 Å². The van der Waals surface area contributed by atoms with Gasteiger partial charge in [0.05, 0.1) is 0 Å². The minimum Gasteiger partial charge on any atom is -0.352 e. The second-order valence-electron chi connectivity index (χ2n) is 4.75. The van der Waals surface area contributed by atoms with E-state index in [0.717, 1.165) is 18.5 Å². The van der Waals surface area contributed by atoms with E-state index in [9.17, 15) is 4.79 Å². The molecule has 0 aliphatic heterocycles. The Kier molecular flexibility index (Phi) is 6.44. The van der Waals surface area contributed by atoms with Crippen LogP contribution in [-0.4, -0.2) is 30.4 Å². The number of carbonyl (C=O) groups excluding carboxylic acids is 1. The Morgan fingerprint density at radius 1 is 1.33 bits per heavy atom. The highest BCUT2D eigenvalue weighted by Gasteiger charge is 2.08. The maximum atomic E-state index is 11.7. The summed E-state index contributed by atoms with van der Waals surface area (Å²) in [5.41, 5.74) is 1.14. The molecule has 0 radical (unpaired) electrons. The van der Waals surface area contributed by atoms with Gasteiger partial charge < -0.3 is 10.2 Å². The Labute approximate surface area is 110 Å². The van der Waals surface area contributed by atoms with E-state index in [1.54, 1.807) is 0 Å². The zero-order chi connectivity index (χ0) is 13.4. The van der Waals surface area contributed by atoms with Crippen LogP contribution in [0.15, 0.2) is 30.3 Å². The number of carbonyl (C=O) groups is 1. The van der Waals surface area contributed by atoms with Crippen LogP contribution in [0.4, 0.5) is 0 Å². The summed E-state index contributed by atoms with van der Waals surface area (Å²) in [5, 5.41) is 2.95. The third-order valence-corrected chi connectivity index (χ3v) is 3.37. The van der Waals surface area contributed by atoms with Crippen molar-refractivity contribution in [2.75, 3.05) is 13.6 Å². The van der Waals surface area contributed by atoms with Crippen LogP contribution in [0.5, 0.6) is 0 Å². The monoisotopic (exact) mass is 248 g/mol. The summed E-state index contributed by atoms with van der Waals surface area (Å²) in [5.74, 6) is 0.119. The molecule has 18 heavy (non-hydrogen) atoms. The Bertz CT molecular complexity index is 351. The van der Waals surface area contributed by atoms with Crippen molar-refractivity contribution in [3.05, 3.63) is 35.9 Å². The molecule has 1 N–H and O–H groups in total.